The number of unbranched alkanes of at least 4 members (excludes halogenated alkanes) is 3. The van der Waals surface area contributed by atoms with E-state index < -0.39 is 30.4 Å². The maximum Gasteiger partial charge on any atom is 0.338 e. The van der Waals surface area contributed by atoms with Crippen molar-refractivity contribution in [1.82, 2.24) is 0 Å². The first-order valence-corrected chi connectivity index (χ1v) is 14.3. The van der Waals surface area contributed by atoms with Gasteiger partial charge in [0.05, 0.1) is 13.2 Å². The van der Waals surface area contributed by atoms with Gasteiger partial charge < -0.3 is 18.9 Å². The smallest absolute Gasteiger partial charge is 0.338 e. The van der Waals surface area contributed by atoms with E-state index in [1.807, 2.05) is 12.1 Å². The number of benzene rings is 1. The second kappa shape index (κ2) is 15.4. The van der Waals surface area contributed by atoms with E-state index in [0.29, 0.717) is 0 Å². The molecular formula is C30H46O6. The summed E-state index contributed by atoms with van der Waals surface area (Å²) in [4.78, 5) is 24.6. The number of rotatable bonds is 14. The van der Waals surface area contributed by atoms with Crippen molar-refractivity contribution in [3.05, 3.63) is 35.4 Å². The molecule has 2 aliphatic rings. The monoisotopic (exact) mass is 502 g/mol. The Labute approximate surface area is 217 Å². The number of aryl methyl sites for hydroxylation is 1. The summed E-state index contributed by atoms with van der Waals surface area (Å²) < 4.78 is 21.7. The molecule has 2 fully saturated rings. The third kappa shape index (κ3) is 8.58. The van der Waals surface area contributed by atoms with Crippen molar-refractivity contribution in [1.29, 1.82) is 0 Å². The summed E-state index contributed by atoms with van der Waals surface area (Å²) in [5.41, 5.74) is 2.05. The summed E-state index contributed by atoms with van der Waals surface area (Å²) in [5.74, 6) is 0.685. The first kappa shape index (κ1) is 28.6. The van der Waals surface area contributed by atoms with Crippen LogP contribution in [0.5, 0.6) is 0 Å². The molecule has 1 aromatic carbocycles. The molecule has 202 valence electrons. The number of hydrogen-bond acceptors (Lipinski definition) is 6. The van der Waals surface area contributed by atoms with Gasteiger partial charge in [-0.2, -0.15) is 0 Å². The minimum atomic E-state index is -1.12. The molecule has 0 bridgehead atoms. The summed E-state index contributed by atoms with van der Waals surface area (Å²) in [6.07, 6.45) is 13.1. The molecule has 1 saturated carbocycles. The van der Waals surface area contributed by atoms with Crippen molar-refractivity contribution in [2.75, 3.05) is 13.2 Å². The Bertz CT molecular complexity index is 757. The van der Waals surface area contributed by atoms with Gasteiger partial charge in [-0.1, -0.05) is 95.4 Å². The minimum Gasteiger partial charge on any atom is -0.464 e. The molecule has 1 aliphatic carbocycles. The van der Waals surface area contributed by atoms with Crippen molar-refractivity contribution < 1.29 is 28.5 Å². The fourth-order valence-corrected chi connectivity index (χ4v) is 5.50. The van der Waals surface area contributed by atoms with Gasteiger partial charge in [0.1, 0.15) is 0 Å². The Morgan fingerprint density at radius 3 is 1.72 bits per heavy atom. The van der Waals surface area contributed by atoms with Crippen molar-refractivity contribution in [2.45, 2.75) is 116 Å². The molecule has 0 spiro atoms. The Morgan fingerprint density at radius 2 is 1.25 bits per heavy atom. The summed E-state index contributed by atoms with van der Waals surface area (Å²) in [5, 5.41) is 0. The van der Waals surface area contributed by atoms with Crippen molar-refractivity contribution in [2.24, 2.45) is 11.8 Å². The normalized spacial score (nSPS) is 24.5. The maximum atomic E-state index is 12.3. The Morgan fingerprint density at radius 1 is 0.750 bits per heavy atom. The SMILES string of the molecule is CCCCCC1CCC(CCCCc2ccc(C3O[C@@H](C(=O)OCC)[C@H](C(=O)OCC)O3)cc2)CC1. The third-order valence-electron chi connectivity index (χ3n) is 7.62. The third-order valence-corrected chi connectivity index (χ3v) is 7.62. The molecule has 0 aromatic heterocycles. The summed E-state index contributed by atoms with van der Waals surface area (Å²) in [6.45, 7) is 6.11. The van der Waals surface area contributed by atoms with Crippen LogP contribution in [0.2, 0.25) is 0 Å². The summed E-state index contributed by atoms with van der Waals surface area (Å²) in [7, 11) is 0. The van der Waals surface area contributed by atoms with E-state index in [9.17, 15) is 9.59 Å². The van der Waals surface area contributed by atoms with Gasteiger partial charge in [0.2, 0.25) is 0 Å². The van der Waals surface area contributed by atoms with Crippen LogP contribution < -0.4 is 0 Å². The molecule has 0 amide bonds. The van der Waals surface area contributed by atoms with Crippen LogP contribution in [0, 0.1) is 11.8 Å². The minimum absolute atomic E-state index is 0.202. The molecule has 36 heavy (non-hydrogen) atoms. The molecule has 2 atom stereocenters. The summed E-state index contributed by atoms with van der Waals surface area (Å²) in [6, 6.07) is 8.08. The molecule has 6 nitrogen and oxygen atoms in total. The number of carbonyl (C=O) groups excluding carboxylic acids is 2. The van der Waals surface area contributed by atoms with Crippen LogP contribution in [0.3, 0.4) is 0 Å². The standard InChI is InChI=1S/C30H46O6/c1-4-7-8-11-22-14-16-23(17-15-22)12-9-10-13-24-18-20-25(21-19-24)30-35-26(28(31)33-5-2)27(36-30)29(32)34-6-3/h18-23,26-27,30H,4-17H2,1-3H3/t22?,23?,26-,27-/m1/s1. The first-order valence-electron chi connectivity index (χ1n) is 14.3. The summed E-state index contributed by atoms with van der Waals surface area (Å²) >= 11 is 0. The Hall–Kier alpha value is -1.92. The van der Waals surface area contributed by atoms with Gasteiger partial charge in [-0.25, -0.2) is 9.59 Å². The second-order valence-corrected chi connectivity index (χ2v) is 10.3. The largest absolute Gasteiger partial charge is 0.464 e. The highest BCUT2D eigenvalue weighted by Crippen LogP contribution is 2.35. The number of ether oxygens (including phenoxy) is 4. The van der Waals surface area contributed by atoms with E-state index in [-0.39, 0.29) is 13.2 Å². The van der Waals surface area contributed by atoms with Crippen LogP contribution in [0.1, 0.15) is 109 Å². The average Bonchev–Trinajstić information content (AvgIpc) is 3.34. The van der Waals surface area contributed by atoms with Crippen LogP contribution in [0.4, 0.5) is 0 Å². The topological polar surface area (TPSA) is 71.1 Å². The second-order valence-electron chi connectivity index (χ2n) is 10.3. The van der Waals surface area contributed by atoms with Crippen LogP contribution >= 0.6 is 0 Å². The lowest BCUT2D eigenvalue weighted by Gasteiger charge is -2.28. The lowest BCUT2D eigenvalue weighted by Crippen LogP contribution is -2.39. The molecule has 1 aromatic rings. The molecular weight excluding hydrogens is 456 g/mol. The van der Waals surface area contributed by atoms with Crippen LogP contribution in [0.15, 0.2) is 24.3 Å². The van der Waals surface area contributed by atoms with Gasteiger partial charge in [-0.15, -0.1) is 0 Å². The quantitative estimate of drug-likeness (QED) is 0.208. The van der Waals surface area contributed by atoms with Crippen LogP contribution in [-0.2, 0) is 35.0 Å². The van der Waals surface area contributed by atoms with Crippen molar-refractivity contribution in [3.8, 4) is 0 Å². The van der Waals surface area contributed by atoms with Gasteiger partial charge in [0.15, 0.2) is 18.5 Å². The molecule has 0 unspecified atom stereocenters. The Balaban J connectivity index is 1.40. The maximum absolute atomic E-state index is 12.3. The molecule has 1 saturated heterocycles. The zero-order chi connectivity index (χ0) is 25.8. The van der Waals surface area contributed by atoms with Crippen LogP contribution in [-0.4, -0.2) is 37.4 Å². The van der Waals surface area contributed by atoms with E-state index in [1.165, 1.54) is 76.2 Å². The number of carbonyl (C=O) groups is 2. The van der Waals surface area contributed by atoms with Crippen molar-refractivity contribution in [3.63, 3.8) is 0 Å². The zero-order valence-corrected chi connectivity index (χ0v) is 22.5. The molecule has 6 heteroatoms. The predicted octanol–water partition coefficient (Wildman–Crippen LogP) is 6.69. The van der Waals surface area contributed by atoms with Gasteiger partial charge >= 0.3 is 11.9 Å². The van der Waals surface area contributed by atoms with Gasteiger partial charge in [0.25, 0.3) is 0 Å². The van der Waals surface area contributed by atoms with Gasteiger partial charge in [0, 0.05) is 5.56 Å². The fourth-order valence-electron chi connectivity index (χ4n) is 5.50. The lowest BCUT2D eigenvalue weighted by molar-refractivity contribution is -0.163. The fraction of sp³-hybridized carbons (Fsp3) is 0.733. The number of esters is 2. The lowest BCUT2D eigenvalue weighted by atomic mass is 9.78. The van der Waals surface area contributed by atoms with Crippen LogP contribution in [0.25, 0.3) is 0 Å². The molecule has 0 N–H and O–H groups in total. The molecule has 1 aliphatic heterocycles. The number of hydrogen-bond donors (Lipinski definition) is 0. The van der Waals surface area contributed by atoms with E-state index in [0.717, 1.165) is 23.8 Å². The van der Waals surface area contributed by atoms with Crippen molar-refractivity contribution >= 4 is 11.9 Å². The van der Waals surface area contributed by atoms with E-state index in [4.69, 9.17) is 18.9 Å². The Kier molecular flexibility index (Phi) is 12.2. The zero-order valence-electron chi connectivity index (χ0n) is 22.5. The molecule has 1 heterocycles. The highest BCUT2D eigenvalue weighted by atomic mass is 16.8. The van der Waals surface area contributed by atoms with Gasteiger partial charge in [-0.3, -0.25) is 0 Å². The van der Waals surface area contributed by atoms with Gasteiger partial charge in [-0.05, 0) is 44.1 Å². The predicted molar refractivity (Wildman–Crippen MR) is 139 cm³/mol. The average molecular weight is 503 g/mol. The highest BCUT2D eigenvalue weighted by molar-refractivity contribution is 5.86. The van der Waals surface area contributed by atoms with E-state index in [2.05, 4.69) is 19.1 Å². The molecule has 3 rings (SSSR count). The highest BCUT2D eigenvalue weighted by Gasteiger charge is 2.47. The van der Waals surface area contributed by atoms with E-state index >= 15 is 0 Å². The molecule has 0 radical (unpaired) electrons. The van der Waals surface area contributed by atoms with E-state index in [1.54, 1.807) is 13.8 Å². The first-order chi connectivity index (χ1) is 17.5.